The SMILES string of the molecule is CCc1nn(C)cc1C(NN)c1c(F)cccc1F. The van der Waals surface area contributed by atoms with E-state index in [2.05, 4.69) is 10.5 Å². The summed E-state index contributed by atoms with van der Waals surface area (Å²) < 4.78 is 29.3. The molecule has 0 aliphatic rings. The molecule has 0 amide bonds. The van der Waals surface area contributed by atoms with Gasteiger partial charge < -0.3 is 0 Å². The van der Waals surface area contributed by atoms with Gasteiger partial charge in [-0.2, -0.15) is 5.10 Å². The van der Waals surface area contributed by atoms with E-state index in [1.807, 2.05) is 6.92 Å². The summed E-state index contributed by atoms with van der Waals surface area (Å²) in [7, 11) is 1.76. The van der Waals surface area contributed by atoms with Crippen LogP contribution in [0, 0.1) is 11.6 Å². The molecule has 6 heteroatoms. The Balaban J connectivity index is 2.56. The Morgan fingerprint density at radius 2 is 2.00 bits per heavy atom. The summed E-state index contributed by atoms with van der Waals surface area (Å²) in [6.45, 7) is 1.93. The number of hydrogen-bond donors (Lipinski definition) is 2. The molecule has 0 aliphatic carbocycles. The summed E-state index contributed by atoms with van der Waals surface area (Å²) in [5.41, 5.74) is 3.82. The fourth-order valence-electron chi connectivity index (χ4n) is 2.18. The lowest BCUT2D eigenvalue weighted by atomic mass is 9.98. The van der Waals surface area contributed by atoms with Crippen LogP contribution in [0.4, 0.5) is 8.78 Å². The van der Waals surface area contributed by atoms with Gasteiger partial charge in [0.1, 0.15) is 11.6 Å². The average Bonchev–Trinajstić information content (AvgIpc) is 2.75. The van der Waals surface area contributed by atoms with E-state index in [4.69, 9.17) is 5.84 Å². The Hall–Kier alpha value is -1.79. The number of nitrogens with one attached hydrogen (secondary N) is 1. The van der Waals surface area contributed by atoms with E-state index in [0.717, 1.165) is 5.69 Å². The fourth-order valence-corrected chi connectivity index (χ4v) is 2.18. The largest absolute Gasteiger partial charge is 0.275 e. The first kappa shape index (κ1) is 13.6. The van der Waals surface area contributed by atoms with Crippen molar-refractivity contribution in [2.24, 2.45) is 12.9 Å². The number of nitrogens with zero attached hydrogens (tertiary/aromatic N) is 2. The number of hydrogen-bond acceptors (Lipinski definition) is 3. The van der Waals surface area contributed by atoms with Crippen molar-refractivity contribution >= 4 is 0 Å². The average molecular weight is 266 g/mol. The highest BCUT2D eigenvalue weighted by Gasteiger charge is 2.24. The molecular weight excluding hydrogens is 250 g/mol. The van der Waals surface area contributed by atoms with E-state index < -0.39 is 17.7 Å². The van der Waals surface area contributed by atoms with Crippen molar-refractivity contribution in [3.05, 3.63) is 52.9 Å². The second-order valence-electron chi connectivity index (χ2n) is 4.29. The zero-order valence-electron chi connectivity index (χ0n) is 10.8. The third kappa shape index (κ3) is 2.50. The molecule has 19 heavy (non-hydrogen) atoms. The van der Waals surface area contributed by atoms with Crippen molar-refractivity contribution in [2.75, 3.05) is 0 Å². The molecule has 2 aromatic rings. The van der Waals surface area contributed by atoms with Crippen LogP contribution in [0.5, 0.6) is 0 Å². The molecule has 2 rings (SSSR count). The standard InChI is InChI=1S/C13H16F2N4/c1-3-11-8(7-19(2)18-11)13(17-16)12-9(14)5-4-6-10(12)15/h4-7,13,17H,3,16H2,1-2H3. The van der Waals surface area contributed by atoms with Gasteiger partial charge in [-0.05, 0) is 18.6 Å². The molecule has 1 atom stereocenters. The quantitative estimate of drug-likeness (QED) is 0.655. The zero-order valence-corrected chi connectivity index (χ0v) is 10.8. The third-order valence-electron chi connectivity index (χ3n) is 3.04. The summed E-state index contributed by atoms with van der Waals surface area (Å²) in [6.07, 6.45) is 2.37. The first-order valence-corrected chi connectivity index (χ1v) is 6.01. The first-order chi connectivity index (χ1) is 9.08. The molecule has 0 radical (unpaired) electrons. The van der Waals surface area contributed by atoms with Crippen LogP contribution >= 0.6 is 0 Å². The molecule has 1 aromatic heterocycles. The summed E-state index contributed by atoms with van der Waals surface area (Å²) >= 11 is 0. The third-order valence-corrected chi connectivity index (χ3v) is 3.04. The maximum Gasteiger partial charge on any atom is 0.131 e. The summed E-state index contributed by atoms with van der Waals surface area (Å²) in [5, 5.41) is 4.26. The second-order valence-corrected chi connectivity index (χ2v) is 4.29. The van der Waals surface area contributed by atoms with Crippen LogP contribution in [0.25, 0.3) is 0 Å². The molecular formula is C13H16F2N4. The highest BCUT2D eigenvalue weighted by atomic mass is 19.1. The minimum atomic E-state index is -0.759. The minimum absolute atomic E-state index is 0.0901. The maximum atomic E-state index is 13.9. The topological polar surface area (TPSA) is 55.9 Å². The monoisotopic (exact) mass is 266 g/mol. The number of benzene rings is 1. The molecule has 4 nitrogen and oxygen atoms in total. The first-order valence-electron chi connectivity index (χ1n) is 6.01. The highest BCUT2D eigenvalue weighted by molar-refractivity contribution is 5.35. The Morgan fingerprint density at radius 1 is 1.37 bits per heavy atom. The van der Waals surface area contributed by atoms with Crippen molar-refractivity contribution in [1.29, 1.82) is 0 Å². The number of nitrogens with two attached hydrogens (primary N) is 1. The van der Waals surface area contributed by atoms with Crippen molar-refractivity contribution in [2.45, 2.75) is 19.4 Å². The van der Waals surface area contributed by atoms with E-state index in [1.54, 1.807) is 17.9 Å². The van der Waals surface area contributed by atoms with E-state index in [-0.39, 0.29) is 5.56 Å². The van der Waals surface area contributed by atoms with Gasteiger partial charge in [-0.15, -0.1) is 0 Å². The predicted octanol–water partition coefficient (Wildman–Crippen LogP) is 1.81. The molecule has 0 saturated heterocycles. The molecule has 1 unspecified atom stereocenters. The van der Waals surface area contributed by atoms with Crippen molar-refractivity contribution in [3.8, 4) is 0 Å². The lowest BCUT2D eigenvalue weighted by molar-refractivity contribution is 0.509. The number of halogens is 2. The van der Waals surface area contributed by atoms with Crippen LogP contribution in [-0.4, -0.2) is 9.78 Å². The van der Waals surface area contributed by atoms with Crippen molar-refractivity contribution < 1.29 is 8.78 Å². The molecule has 0 bridgehead atoms. The van der Waals surface area contributed by atoms with Crippen molar-refractivity contribution in [3.63, 3.8) is 0 Å². The molecule has 102 valence electrons. The number of rotatable bonds is 4. The van der Waals surface area contributed by atoms with Crippen molar-refractivity contribution in [1.82, 2.24) is 15.2 Å². The van der Waals surface area contributed by atoms with Gasteiger partial charge >= 0.3 is 0 Å². The van der Waals surface area contributed by atoms with Crippen LogP contribution in [-0.2, 0) is 13.5 Å². The van der Waals surface area contributed by atoms with Crippen LogP contribution in [0.2, 0.25) is 0 Å². The predicted molar refractivity (Wildman–Crippen MR) is 68.1 cm³/mol. The van der Waals surface area contributed by atoms with Crippen LogP contribution in [0.1, 0.15) is 29.8 Å². The van der Waals surface area contributed by atoms with Gasteiger partial charge in [0.25, 0.3) is 0 Å². The maximum absolute atomic E-state index is 13.9. The molecule has 0 fully saturated rings. The van der Waals surface area contributed by atoms with Gasteiger partial charge in [0.15, 0.2) is 0 Å². The Labute approximate surface area is 110 Å². The zero-order chi connectivity index (χ0) is 14.0. The van der Waals surface area contributed by atoms with Crippen LogP contribution < -0.4 is 11.3 Å². The lowest BCUT2D eigenvalue weighted by Gasteiger charge is -2.17. The van der Waals surface area contributed by atoms with E-state index >= 15 is 0 Å². The molecule has 0 spiro atoms. The van der Waals surface area contributed by atoms with Crippen LogP contribution in [0.3, 0.4) is 0 Å². The molecule has 1 heterocycles. The number of aryl methyl sites for hydroxylation is 2. The smallest absolute Gasteiger partial charge is 0.131 e. The Morgan fingerprint density at radius 3 is 2.53 bits per heavy atom. The van der Waals surface area contributed by atoms with Gasteiger partial charge in [-0.1, -0.05) is 13.0 Å². The summed E-state index contributed by atoms with van der Waals surface area (Å²) in [4.78, 5) is 0. The molecule has 3 N–H and O–H groups in total. The van der Waals surface area contributed by atoms with Gasteiger partial charge in [0.05, 0.1) is 11.7 Å². The Bertz CT molecular complexity index is 560. The van der Waals surface area contributed by atoms with Gasteiger partial charge in [0, 0.05) is 24.4 Å². The van der Waals surface area contributed by atoms with Gasteiger partial charge in [-0.3, -0.25) is 10.5 Å². The van der Waals surface area contributed by atoms with E-state index in [0.29, 0.717) is 12.0 Å². The van der Waals surface area contributed by atoms with Crippen LogP contribution in [0.15, 0.2) is 24.4 Å². The van der Waals surface area contributed by atoms with E-state index in [9.17, 15) is 8.78 Å². The minimum Gasteiger partial charge on any atom is -0.275 e. The fraction of sp³-hybridized carbons (Fsp3) is 0.308. The Kier molecular flexibility index (Phi) is 3.92. The lowest BCUT2D eigenvalue weighted by Crippen LogP contribution is -2.30. The summed E-state index contributed by atoms with van der Waals surface area (Å²) in [6, 6.07) is 2.99. The molecule has 0 aliphatic heterocycles. The number of hydrazine groups is 1. The summed E-state index contributed by atoms with van der Waals surface area (Å²) in [5.74, 6) is 4.23. The highest BCUT2D eigenvalue weighted by Crippen LogP contribution is 2.28. The molecule has 0 saturated carbocycles. The van der Waals surface area contributed by atoms with E-state index in [1.165, 1.54) is 18.2 Å². The second kappa shape index (κ2) is 5.46. The number of aromatic nitrogens is 2. The van der Waals surface area contributed by atoms with Gasteiger partial charge in [-0.25, -0.2) is 14.2 Å². The van der Waals surface area contributed by atoms with Gasteiger partial charge in [0.2, 0.25) is 0 Å². The normalized spacial score (nSPS) is 12.7. The molecule has 1 aromatic carbocycles.